The summed E-state index contributed by atoms with van der Waals surface area (Å²) in [6, 6.07) is 3.79. The summed E-state index contributed by atoms with van der Waals surface area (Å²) < 4.78 is 7.37. The highest BCUT2D eigenvalue weighted by molar-refractivity contribution is 8.30. The van der Waals surface area contributed by atoms with Gasteiger partial charge in [-0.15, -0.1) is 14.7 Å². The number of rotatable bonds is 7. The maximum absolute atomic E-state index is 10.8. The number of halogens is 1. The molecule has 0 fully saturated rings. The second-order valence-electron chi connectivity index (χ2n) is 4.26. The lowest BCUT2D eigenvalue weighted by Crippen LogP contribution is -2.03. The Morgan fingerprint density at radius 2 is 1.77 bits per heavy atom. The Labute approximate surface area is 132 Å². The van der Waals surface area contributed by atoms with Crippen LogP contribution in [0.5, 0.6) is 0 Å². The number of nitrogens with zero attached hydrogens (tertiary/aromatic N) is 3. The van der Waals surface area contributed by atoms with Gasteiger partial charge < -0.3 is 10.4 Å². The number of anilines is 1. The Hall–Kier alpha value is -2.26. The largest absolute Gasteiger partial charge is 0.494 e. The first-order valence-corrected chi connectivity index (χ1v) is 7.69. The average molecular weight is 345 g/mol. The molecule has 0 radical (unpaired) electrons. The molecular formula is C12H13ClN4O4S. The van der Waals surface area contributed by atoms with E-state index >= 15 is 0 Å². The van der Waals surface area contributed by atoms with Crippen LogP contribution in [0.2, 0.25) is 5.02 Å². The van der Waals surface area contributed by atoms with Gasteiger partial charge in [0.1, 0.15) is 0 Å². The predicted octanol–water partition coefficient (Wildman–Crippen LogP) is 5.33. The molecule has 10 heteroatoms. The first-order chi connectivity index (χ1) is 10.3. The predicted molar refractivity (Wildman–Crippen MR) is 88.5 cm³/mol. The van der Waals surface area contributed by atoms with E-state index in [-0.39, 0.29) is 21.5 Å². The molecule has 0 saturated carbocycles. The summed E-state index contributed by atoms with van der Waals surface area (Å²) in [4.78, 5) is 32.2. The molecule has 22 heavy (non-hydrogen) atoms. The van der Waals surface area contributed by atoms with E-state index in [0.29, 0.717) is 11.1 Å². The summed E-state index contributed by atoms with van der Waals surface area (Å²) in [7, 11) is -3.61. The standard InChI is InChI=1S/C12H13ClN4O4S/c1-7(2)8(3)12(18)14-11-6-9(4-5-10(11)13)22(15-19,16-20)17-21/h4-6,14,18H,1H2,2-3H3/b12-8+. The molecule has 0 spiro atoms. The number of hydrogen-bond acceptors (Lipinski definition) is 8. The molecule has 0 heterocycles. The van der Waals surface area contributed by atoms with E-state index in [1.807, 2.05) is 0 Å². The zero-order chi connectivity index (χ0) is 16.9. The Morgan fingerprint density at radius 1 is 1.23 bits per heavy atom. The average Bonchev–Trinajstić information content (AvgIpc) is 2.51. The Morgan fingerprint density at radius 3 is 2.23 bits per heavy atom. The van der Waals surface area contributed by atoms with Gasteiger partial charge in [0, 0.05) is 19.3 Å². The molecule has 0 amide bonds. The van der Waals surface area contributed by atoms with Crippen LogP contribution in [0, 0.1) is 14.7 Å². The molecule has 0 aliphatic heterocycles. The number of aliphatic hydroxyl groups is 1. The number of benzene rings is 1. The zero-order valence-corrected chi connectivity index (χ0v) is 13.3. The molecule has 0 bridgehead atoms. The van der Waals surface area contributed by atoms with Gasteiger partial charge in [-0.05, 0) is 32.0 Å². The van der Waals surface area contributed by atoms with E-state index in [9.17, 15) is 19.8 Å². The lowest BCUT2D eigenvalue weighted by Gasteiger charge is -2.16. The third-order valence-corrected chi connectivity index (χ3v) is 4.65. The molecule has 0 saturated heterocycles. The molecule has 0 aliphatic carbocycles. The lowest BCUT2D eigenvalue weighted by molar-refractivity contribution is 0.413. The number of aliphatic hydroxyl groups excluding tert-OH is 1. The second kappa shape index (κ2) is 7.14. The van der Waals surface area contributed by atoms with Gasteiger partial charge in [0.25, 0.3) is 0 Å². The highest BCUT2D eigenvalue weighted by Crippen LogP contribution is 2.60. The summed E-state index contributed by atoms with van der Waals surface area (Å²) in [5.41, 5.74) is 1.26. The van der Waals surface area contributed by atoms with Gasteiger partial charge in [-0.1, -0.05) is 23.8 Å². The SMILES string of the molecule is C=C(C)/C(C)=C(/O)Nc1cc(S(N=O)(N=O)N=O)ccc1Cl. The monoisotopic (exact) mass is 344 g/mol. The van der Waals surface area contributed by atoms with Crippen LogP contribution in [0.15, 0.2) is 60.4 Å². The fraction of sp³-hybridized carbons (Fsp3) is 0.167. The van der Waals surface area contributed by atoms with Crippen LogP contribution in [0.25, 0.3) is 0 Å². The summed E-state index contributed by atoms with van der Waals surface area (Å²) in [6.45, 7) is 7.01. The van der Waals surface area contributed by atoms with Crippen LogP contribution >= 0.6 is 22.2 Å². The number of hydrogen-bond donors (Lipinski definition) is 2. The molecule has 1 aromatic rings. The van der Waals surface area contributed by atoms with Crippen LogP contribution in [0.3, 0.4) is 0 Å². The summed E-state index contributed by atoms with van der Waals surface area (Å²) >= 11 is 5.97. The zero-order valence-electron chi connectivity index (χ0n) is 11.7. The molecule has 8 nitrogen and oxygen atoms in total. The van der Waals surface area contributed by atoms with Crippen LogP contribution in [0.4, 0.5) is 5.69 Å². The quantitative estimate of drug-likeness (QED) is 0.393. The molecule has 1 rings (SSSR count). The fourth-order valence-corrected chi connectivity index (χ4v) is 2.40. The van der Waals surface area contributed by atoms with E-state index in [1.54, 1.807) is 13.8 Å². The van der Waals surface area contributed by atoms with Crippen molar-refractivity contribution in [2.24, 2.45) is 13.7 Å². The van der Waals surface area contributed by atoms with Crippen molar-refractivity contribution >= 4 is 27.9 Å². The summed E-state index contributed by atoms with van der Waals surface area (Å²) in [5, 5.41) is 12.7. The number of nitroso groups, excluding NO2 is 3. The molecule has 0 aromatic heterocycles. The molecular weight excluding hydrogens is 332 g/mol. The van der Waals surface area contributed by atoms with E-state index in [1.165, 1.54) is 18.2 Å². The van der Waals surface area contributed by atoms with Crippen molar-refractivity contribution in [3.05, 3.63) is 61.6 Å². The Balaban J connectivity index is 3.35. The van der Waals surface area contributed by atoms with Crippen molar-refractivity contribution in [2.45, 2.75) is 18.7 Å². The van der Waals surface area contributed by atoms with Gasteiger partial charge in [-0.25, -0.2) is 0 Å². The molecule has 2 N–H and O–H groups in total. The van der Waals surface area contributed by atoms with E-state index in [0.717, 1.165) is 0 Å². The van der Waals surface area contributed by atoms with Crippen LogP contribution in [0.1, 0.15) is 13.8 Å². The number of nitrogens with one attached hydrogen (secondary N) is 1. The normalized spacial score (nSPS) is 12.9. The molecule has 1 aromatic carbocycles. The molecule has 118 valence electrons. The highest BCUT2D eigenvalue weighted by Gasteiger charge is 2.32. The topological polar surface area (TPSA) is 121 Å². The van der Waals surface area contributed by atoms with Gasteiger partial charge in [-0.3, -0.25) is 0 Å². The summed E-state index contributed by atoms with van der Waals surface area (Å²) in [5.74, 6) is -0.218. The third kappa shape index (κ3) is 3.49. The minimum atomic E-state index is -3.61. The maximum atomic E-state index is 10.8. The van der Waals surface area contributed by atoms with E-state index in [4.69, 9.17) is 11.6 Å². The first-order valence-electron chi connectivity index (χ1n) is 5.80. The van der Waals surface area contributed by atoms with Crippen molar-refractivity contribution < 1.29 is 5.11 Å². The van der Waals surface area contributed by atoms with E-state index < -0.39 is 10.6 Å². The van der Waals surface area contributed by atoms with Crippen molar-refractivity contribution in [3.63, 3.8) is 0 Å². The van der Waals surface area contributed by atoms with Crippen molar-refractivity contribution in [1.29, 1.82) is 0 Å². The Bertz CT molecular complexity index is 655. The molecule has 0 unspecified atom stereocenters. The smallest absolute Gasteiger partial charge is 0.197 e. The second-order valence-corrected chi connectivity index (χ2v) is 6.63. The minimum Gasteiger partial charge on any atom is -0.494 e. The van der Waals surface area contributed by atoms with Crippen LogP contribution < -0.4 is 5.32 Å². The number of allylic oxidation sites excluding steroid dienone is 2. The maximum Gasteiger partial charge on any atom is 0.197 e. The van der Waals surface area contributed by atoms with Crippen LogP contribution in [-0.4, -0.2) is 5.11 Å². The van der Waals surface area contributed by atoms with Gasteiger partial charge in [0.05, 0.1) is 15.6 Å². The fourth-order valence-electron chi connectivity index (χ4n) is 1.36. The summed E-state index contributed by atoms with van der Waals surface area (Å²) in [6.07, 6.45) is 0. The van der Waals surface area contributed by atoms with Crippen molar-refractivity contribution in [1.82, 2.24) is 0 Å². The lowest BCUT2D eigenvalue weighted by atomic mass is 10.1. The van der Waals surface area contributed by atoms with Gasteiger partial charge in [-0.2, -0.15) is 0 Å². The highest BCUT2D eigenvalue weighted by atomic mass is 35.5. The molecule has 0 atom stereocenters. The van der Waals surface area contributed by atoms with Gasteiger partial charge >= 0.3 is 0 Å². The minimum absolute atomic E-state index is 0.0971. The first kappa shape index (κ1) is 17.8. The van der Waals surface area contributed by atoms with Gasteiger partial charge in [0.15, 0.2) is 16.5 Å². The van der Waals surface area contributed by atoms with Gasteiger partial charge in [0.2, 0.25) is 0 Å². The molecule has 0 aliphatic rings. The van der Waals surface area contributed by atoms with E-state index in [2.05, 4.69) is 25.6 Å². The van der Waals surface area contributed by atoms with Crippen molar-refractivity contribution in [3.8, 4) is 0 Å². The Kier molecular flexibility index (Phi) is 5.77. The third-order valence-electron chi connectivity index (χ3n) is 2.81. The van der Waals surface area contributed by atoms with Crippen molar-refractivity contribution in [2.75, 3.05) is 5.32 Å². The van der Waals surface area contributed by atoms with Crippen LogP contribution in [-0.2, 0) is 0 Å².